The number of hydrogen-bond donors (Lipinski definition) is 2. The number of imide groups is 1. The van der Waals surface area contributed by atoms with Gasteiger partial charge in [-0.05, 0) is 18.2 Å². The number of urea groups is 1. The van der Waals surface area contributed by atoms with Crippen LogP contribution in [0.5, 0.6) is 0 Å². The quantitative estimate of drug-likeness (QED) is 0.492. The van der Waals surface area contributed by atoms with Crippen LogP contribution in [0.15, 0.2) is 48.7 Å². The number of para-hydroxylation sites is 1. The van der Waals surface area contributed by atoms with Crippen molar-refractivity contribution in [2.24, 2.45) is 0 Å². The minimum atomic E-state index is -1.02. The highest BCUT2D eigenvalue weighted by atomic mass is 19.1. The lowest BCUT2D eigenvalue weighted by Gasteiger charge is -2.08. The molecule has 0 aliphatic heterocycles. The zero-order valence-corrected chi connectivity index (χ0v) is 12.2. The van der Waals surface area contributed by atoms with Gasteiger partial charge in [0.1, 0.15) is 5.82 Å². The van der Waals surface area contributed by atoms with Gasteiger partial charge in [0.25, 0.3) is 5.91 Å². The van der Waals surface area contributed by atoms with Crippen LogP contribution in [0.1, 0.15) is 10.5 Å². The maximum absolute atomic E-state index is 13.3. The van der Waals surface area contributed by atoms with E-state index < -0.39 is 30.3 Å². The van der Waals surface area contributed by atoms with Crippen LogP contribution in [0.4, 0.5) is 14.9 Å². The number of pyridine rings is 1. The Labute approximate surface area is 135 Å². The fourth-order valence-corrected chi connectivity index (χ4v) is 1.67. The first-order valence-electron chi connectivity index (χ1n) is 6.68. The molecule has 0 atom stereocenters. The van der Waals surface area contributed by atoms with E-state index in [9.17, 15) is 24.0 Å². The fraction of sp³-hybridized carbons (Fsp3) is 0.0667. The van der Waals surface area contributed by atoms with Gasteiger partial charge in [0, 0.05) is 12.1 Å². The van der Waals surface area contributed by atoms with Crippen molar-refractivity contribution in [2.75, 3.05) is 11.9 Å². The second-order valence-electron chi connectivity index (χ2n) is 4.47. The zero-order chi connectivity index (χ0) is 17.5. The summed E-state index contributed by atoms with van der Waals surface area (Å²) in [7, 11) is 0. The SMILES string of the molecule is O=C(COC(=O)c1cccc[n+]1[O-])NC(=O)Nc1ccccc1F. The van der Waals surface area contributed by atoms with Crippen molar-refractivity contribution in [3.63, 3.8) is 0 Å². The van der Waals surface area contributed by atoms with Gasteiger partial charge in [0.15, 0.2) is 12.8 Å². The number of hydrogen-bond acceptors (Lipinski definition) is 5. The molecule has 0 spiro atoms. The van der Waals surface area contributed by atoms with Crippen molar-refractivity contribution in [2.45, 2.75) is 0 Å². The number of esters is 1. The third-order valence-corrected chi connectivity index (χ3v) is 2.74. The molecule has 0 aliphatic rings. The van der Waals surface area contributed by atoms with Gasteiger partial charge in [0.05, 0.1) is 5.69 Å². The van der Waals surface area contributed by atoms with Gasteiger partial charge in [-0.25, -0.2) is 14.0 Å². The molecule has 9 heteroatoms. The minimum absolute atomic E-state index is 0.114. The average Bonchev–Trinajstić information content (AvgIpc) is 2.55. The van der Waals surface area contributed by atoms with E-state index in [1.54, 1.807) is 0 Å². The minimum Gasteiger partial charge on any atom is -0.618 e. The summed E-state index contributed by atoms with van der Waals surface area (Å²) in [5.74, 6) is -2.63. The highest BCUT2D eigenvalue weighted by Gasteiger charge is 2.19. The number of aromatic nitrogens is 1. The lowest BCUT2D eigenvalue weighted by atomic mass is 10.3. The van der Waals surface area contributed by atoms with Crippen LogP contribution in [0.2, 0.25) is 0 Å². The van der Waals surface area contributed by atoms with Crippen LogP contribution in [0.25, 0.3) is 0 Å². The molecule has 3 amide bonds. The van der Waals surface area contributed by atoms with E-state index >= 15 is 0 Å². The second kappa shape index (κ2) is 7.68. The number of rotatable bonds is 4. The lowest BCUT2D eigenvalue weighted by molar-refractivity contribution is -0.608. The Morgan fingerprint density at radius 2 is 1.83 bits per heavy atom. The van der Waals surface area contributed by atoms with E-state index in [1.807, 2.05) is 5.32 Å². The molecule has 0 aliphatic carbocycles. The van der Waals surface area contributed by atoms with E-state index in [2.05, 4.69) is 10.1 Å². The van der Waals surface area contributed by atoms with Gasteiger partial charge in [-0.1, -0.05) is 12.1 Å². The number of nitrogens with one attached hydrogen (secondary N) is 2. The molecule has 24 heavy (non-hydrogen) atoms. The van der Waals surface area contributed by atoms with Crippen LogP contribution >= 0.6 is 0 Å². The molecule has 1 heterocycles. The molecule has 0 radical (unpaired) electrons. The summed E-state index contributed by atoms with van der Waals surface area (Å²) in [6.07, 6.45) is 1.10. The van der Waals surface area contributed by atoms with Gasteiger partial charge in [0.2, 0.25) is 0 Å². The largest absolute Gasteiger partial charge is 0.618 e. The van der Waals surface area contributed by atoms with Crippen molar-refractivity contribution >= 4 is 23.6 Å². The Balaban J connectivity index is 1.83. The van der Waals surface area contributed by atoms with E-state index in [1.165, 1.54) is 36.4 Å². The number of ether oxygens (including phenoxy) is 1. The summed E-state index contributed by atoms with van der Waals surface area (Å²) in [5, 5.41) is 15.3. The molecule has 124 valence electrons. The van der Waals surface area contributed by atoms with E-state index in [0.29, 0.717) is 0 Å². The van der Waals surface area contributed by atoms with Crippen LogP contribution in [-0.4, -0.2) is 24.5 Å². The molecule has 2 N–H and O–H groups in total. The molecule has 0 fully saturated rings. The predicted molar refractivity (Wildman–Crippen MR) is 79.2 cm³/mol. The summed E-state index contributed by atoms with van der Waals surface area (Å²) in [5.41, 5.74) is -0.419. The number of halogens is 1. The number of benzene rings is 1. The van der Waals surface area contributed by atoms with Crippen LogP contribution in [0, 0.1) is 11.0 Å². The summed E-state index contributed by atoms with van der Waals surface area (Å²) < 4.78 is 18.2. The molecule has 1 aromatic carbocycles. The molecule has 8 nitrogen and oxygen atoms in total. The van der Waals surface area contributed by atoms with Crippen molar-refractivity contribution < 1.29 is 28.2 Å². The van der Waals surface area contributed by atoms with Gasteiger partial charge in [-0.3, -0.25) is 10.1 Å². The Bertz CT molecular complexity index is 781. The third kappa shape index (κ3) is 4.50. The van der Waals surface area contributed by atoms with Gasteiger partial charge < -0.3 is 15.3 Å². The summed E-state index contributed by atoms with van der Waals surface area (Å²) in [4.78, 5) is 34.7. The Hall–Kier alpha value is -3.49. The third-order valence-electron chi connectivity index (χ3n) is 2.74. The maximum atomic E-state index is 13.3. The first-order valence-corrected chi connectivity index (χ1v) is 6.68. The highest BCUT2D eigenvalue weighted by molar-refractivity contribution is 6.02. The fourth-order valence-electron chi connectivity index (χ4n) is 1.67. The molecular weight excluding hydrogens is 321 g/mol. The maximum Gasteiger partial charge on any atom is 0.405 e. The Morgan fingerprint density at radius 3 is 2.54 bits per heavy atom. The summed E-state index contributed by atoms with van der Waals surface area (Å²) in [6, 6.07) is 8.49. The van der Waals surface area contributed by atoms with E-state index in [-0.39, 0.29) is 16.1 Å². The lowest BCUT2D eigenvalue weighted by Crippen LogP contribution is -2.39. The monoisotopic (exact) mass is 333 g/mol. The number of carbonyl (C=O) groups is 3. The van der Waals surface area contributed by atoms with Crippen molar-refractivity contribution in [1.82, 2.24) is 5.32 Å². The van der Waals surface area contributed by atoms with Crippen molar-refractivity contribution in [3.8, 4) is 0 Å². The number of carbonyl (C=O) groups excluding carboxylic acids is 3. The van der Waals surface area contributed by atoms with Crippen LogP contribution in [-0.2, 0) is 9.53 Å². The topological polar surface area (TPSA) is 111 Å². The molecule has 0 saturated heterocycles. The smallest absolute Gasteiger partial charge is 0.405 e. The Kier molecular flexibility index (Phi) is 5.40. The molecule has 0 unspecified atom stereocenters. The standard InChI is InChI=1S/C15H12FN3O5/c16-10-5-1-2-6-11(10)17-15(22)18-13(20)9-24-14(21)12-7-3-4-8-19(12)23/h1-8H,9H2,(H2,17,18,20,22). The zero-order valence-electron chi connectivity index (χ0n) is 12.2. The highest BCUT2D eigenvalue weighted by Crippen LogP contribution is 2.11. The number of amides is 3. The summed E-state index contributed by atoms with van der Waals surface area (Å²) in [6.45, 7) is -0.779. The van der Waals surface area contributed by atoms with Crippen molar-refractivity contribution in [3.05, 3.63) is 65.4 Å². The van der Waals surface area contributed by atoms with E-state index in [0.717, 1.165) is 12.3 Å². The van der Waals surface area contributed by atoms with Gasteiger partial charge in [-0.15, -0.1) is 0 Å². The number of anilines is 1. The first-order chi connectivity index (χ1) is 11.5. The predicted octanol–water partition coefficient (Wildman–Crippen LogP) is 0.964. The first kappa shape index (κ1) is 16.9. The molecular formula is C15H12FN3O5. The van der Waals surface area contributed by atoms with Crippen LogP contribution in [0.3, 0.4) is 0 Å². The Morgan fingerprint density at radius 1 is 1.12 bits per heavy atom. The normalized spacial score (nSPS) is 9.88. The molecule has 0 saturated carbocycles. The van der Waals surface area contributed by atoms with Gasteiger partial charge in [-0.2, -0.15) is 4.73 Å². The second-order valence-corrected chi connectivity index (χ2v) is 4.47. The molecule has 2 rings (SSSR count). The van der Waals surface area contributed by atoms with Gasteiger partial charge >= 0.3 is 17.7 Å². The average molecular weight is 333 g/mol. The van der Waals surface area contributed by atoms with E-state index in [4.69, 9.17) is 0 Å². The molecule has 0 bridgehead atoms. The summed E-state index contributed by atoms with van der Waals surface area (Å²) >= 11 is 0. The molecule has 2 aromatic rings. The number of nitrogens with zero attached hydrogens (tertiary/aromatic N) is 1. The van der Waals surface area contributed by atoms with Crippen molar-refractivity contribution in [1.29, 1.82) is 0 Å². The molecule has 1 aromatic heterocycles. The van der Waals surface area contributed by atoms with Crippen LogP contribution < -0.4 is 15.4 Å².